The van der Waals surface area contributed by atoms with Crippen molar-refractivity contribution in [3.63, 3.8) is 0 Å². The molecule has 0 amide bonds. The summed E-state index contributed by atoms with van der Waals surface area (Å²) < 4.78 is 2.06. The SMILES string of the molecule is CC1(CNC#N)CCN1Cc1ccc(-n2c(-c3cccnc3N)nc3ccc(-c4ccccc4)nc32)cc1. The number of rotatable bonds is 7. The van der Waals surface area contributed by atoms with Gasteiger partial charge in [-0.2, -0.15) is 5.26 Å². The van der Waals surface area contributed by atoms with Crippen LogP contribution in [0, 0.1) is 11.5 Å². The lowest BCUT2D eigenvalue weighted by Crippen LogP contribution is -2.61. The van der Waals surface area contributed by atoms with Crippen LogP contribution in [0.4, 0.5) is 5.82 Å². The second kappa shape index (κ2) is 9.61. The predicted octanol–water partition coefficient (Wildman–Crippen LogP) is 4.77. The molecule has 1 saturated heterocycles. The Kier molecular flexibility index (Phi) is 5.98. The highest BCUT2D eigenvalue weighted by Crippen LogP contribution is 2.33. The Labute approximate surface area is 221 Å². The summed E-state index contributed by atoms with van der Waals surface area (Å²) in [6.45, 7) is 4.71. The largest absolute Gasteiger partial charge is 0.383 e. The molecule has 6 rings (SSSR count). The average molecular weight is 501 g/mol. The third kappa shape index (κ3) is 4.23. The zero-order valence-electron chi connectivity index (χ0n) is 21.2. The molecular weight excluding hydrogens is 472 g/mol. The number of benzene rings is 2. The van der Waals surface area contributed by atoms with E-state index in [0.717, 1.165) is 53.2 Å². The summed E-state index contributed by atoms with van der Waals surface area (Å²) in [5, 5.41) is 11.7. The summed E-state index contributed by atoms with van der Waals surface area (Å²) in [5.41, 5.74) is 12.7. The molecule has 3 aromatic heterocycles. The Morgan fingerprint density at radius 1 is 1.00 bits per heavy atom. The summed E-state index contributed by atoms with van der Waals surface area (Å²) >= 11 is 0. The van der Waals surface area contributed by atoms with E-state index in [2.05, 4.69) is 63.1 Å². The van der Waals surface area contributed by atoms with Crippen LogP contribution in [-0.2, 0) is 6.54 Å². The van der Waals surface area contributed by atoms with Gasteiger partial charge in [0.2, 0.25) is 0 Å². The Morgan fingerprint density at radius 3 is 2.53 bits per heavy atom. The maximum atomic E-state index is 8.92. The highest BCUT2D eigenvalue weighted by Gasteiger charge is 2.39. The van der Waals surface area contributed by atoms with Crippen molar-refractivity contribution >= 4 is 17.0 Å². The van der Waals surface area contributed by atoms with Crippen molar-refractivity contribution in [1.82, 2.24) is 29.7 Å². The first-order valence-electron chi connectivity index (χ1n) is 12.7. The number of hydrogen-bond donors (Lipinski definition) is 2. The Morgan fingerprint density at radius 2 is 1.82 bits per heavy atom. The van der Waals surface area contributed by atoms with Crippen LogP contribution in [0.1, 0.15) is 18.9 Å². The van der Waals surface area contributed by atoms with Gasteiger partial charge in [-0.25, -0.2) is 15.0 Å². The number of anilines is 1. The van der Waals surface area contributed by atoms with Crippen LogP contribution >= 0.6 is 0 Å². The van der Waals surface area contributed by atoms with Crippen molar-refractivity contribution in [2.75, 3.05) is 18.8 Å². The molecule has 3 N–H and O–H groups in total. The number of aromatic nitrogens is 4. The maximum Gasteiger partial charge on any atom is 0.176 e. The van der Waals surface area contributed by atoms with Crippen LogP contribution in [-0.4, -0.2) is 43.0 Å². The van der Waals surface area contributed by atoms with E-state index in [1.54, 1.807) is 6.20 Å². The second-order valence-corrected chi connectivity index (χ2v) is 9.91. The van der Waals surface area contributed by atoms with Crippen molar-refractivity contribution in [3.05, 3.63) is 90.6 Å². The third-order valence-electron chi connectivity index (χ3n) is 7.45. The fourth-order valence-electron chi connectivity index (χ4n) is 5.08. The molecule has 1 aliphatic rings. The number of fused-ring (bicyclic) bond motifs is 1. The molecule has 1 aliphatic heterocycles. The van der Waals surface area contributed by atoms with E-state index in [9.17, 15) is 0 Å². The number of hydrogen-bond acceptors (Lipinski definition) is 7. The lowest BCUT2D eigenvalue weighted by Gasteiger charge is -2.50. The number of imidazole rings is 1. The van der Waals surface area contributed by atoms with Gasteiger partial charge in [-0.05, 0) is 55.3 Å². The third-order valence-corrected chi connectivity index (χ3v) is 7.45. The van der Waals surface area contributed by atoms with E-state index in [1.807, 2.05) is 48.7 Å². The predicted molar refractivity (Wildman–Crippen MR) is 149 cm³/mol. The van der Waals surface area contributed by atoms with Crippen LogP contribution in [0.5, 0.6) is 0 Å². The van der Waals surface area contributed by atoms with Gasteiger partial charge in [0, 0.05) is 42.6 Å². The zero-order valence-corrected chi connectivity index (χ0v) is 21.2. The second-order valence-electron chi connectivity index (χ2n) is 9.91. The Hall–Kier alpha value is -4.74. The number of nitrogen functional groups attached to an aromatic ring is 1. The van der Waals surface area contributed by atoms with E-state index in [0.29, 0.717) is 18.2 Å². The van der Waals surface area contributed by atoms with E-state index in [1.165, 1.54) is 5.56 Å². The first-order chi connectivity index (χ1) is 18.6. The number of nitrogens with zero attached hydrogens (tertiary/aromatic N) is 6. The molecule has 1 fully saturated rings. The van der Waals surface area contributed by atoms with Crippen molar-refractivity contribution in [2.45, 2.75) is 25.4 Å². The minimum absolute atomic E-state index is 0.00227. The van der Waals surface area contributed by atoms with Crippen LogP contribution in [0.15, 0.2) is 85.1 Å². The number of nitriles is 1. The Bertz CT molecular complexity index is 1640. The van der Waals surface area contributed by atoms with Crippen LogP contribution in [0.3, 0.4) is 0 Å². The topological polar surface area (TPSA) is 109 Å². The van der Waals surface area contributed by atoms with Crippen molar-refractivity contribution in [2.24, 2.45) is 0 Å². The van der Waals surface area contributed by atoms with Gasteiger partial charge in [0.05, 0.1) is 11.3 Å². The molecule has 5 aromatic rings. The molecule has 0 bridgehead atoms. The minimum Gasteiger partial charge on any atom is -0.383 e. The monoisotopic (exact) mass is 500 g/mol. The first kappa shape index (κ1) is 23.6. The summed E-state index contributed by atoms with van der Waals surface area (Å²) in [5.74, 6) is 1.13. The van der Waals surface area contributed by atoms with E-state index in [-0.39, 0.29) is 5.54 Å². The molecule has 0 aliphatic carbocycles. The number of pyridine rings is 2. The fourth-order valence-corrected chi connectivity index (χ4v) is 5.08. The number of nitrogens with two attached hydrogens (primary N) is 1. The molecule has 188 valence electrons. The quantitative estimate of drug-likeness (QED) is 0.245. The van der Waals surface area contributed by atoms with Gasteiger partial charge in [-0.15, -0.1) is 0 Å². The van der Waals surface area contributed by atoms with Gasteiger partial charge in [0.25, 0.3) is 0 Å². The van der Waals surface area contributed by atoms with E-state index in [4.69, 9.17) is 21.0 Å². The molecule has 4 heterocycles. The van der Waals surface area contributed by atoms with Crippen molar-refractivity contribution in [3.8, 4) is 34.5 Å². The fraction of sp³-hybridized carbons (Fsp3) is 0.200. The smallest absolute Gasteiger partial charge is 0.176 e. The highest BCUT2D eigenvalue weighted by atomic mass is 15.3. The van der Waals surface area contributed by atoms with Gasteiger partial charge >= 0.3 is 0 Å². The minimum atomic E-state index is -0.00227. The number of likely N-dealkylation sites (tertiary alicyclic amines) is 1. The first-order valence-corrected chi connectivity index (χ1v) is 12.7. The average Bonchev–Trinajstić information content (AvgIpc) is 3.33. The van der Waals surface area contributed by atoms with Gasteiger partial charge in [-0.1, -0.05) is 42.5 Å². The highest BCUT2D eigenvalue weighted by molar-refractivity contribution is 5.84. The Balaban J connectivity index is 1.41. The molecule has 1 atom stereocenters. The van der Waals surface area contributed by atoms with E-state index >= 15 is 0 Å². The standard InChI is InChI=1S/C30H28N8/c1-30(19-33-20-31)15-17-37(30)18-21-9-11-23(12-10-21)38-28(24-8-5-16-34-27(24)32)36-26-14-13-25(35-29(26)38)22-6-3-2-4-7-22/h2-14,16,33H,15,17-19H2,1H3,(H2,32,34). The molecule has 1 unspecified atom stereocenters. The lowest BCUT2D eigenvalue weighted by molar-refractivity contribution is -0.00390. The lowest BCUT2D eigenvalue weighted by atomic mass is 9.86. The van der Waals surface area contributed by atoms with Crippen LogP contribution in [0.25, 0.3) is 39.5 Å². The van der Waals surface area contributed by atoms with Crippen molar-refractivity contribution < 1.29 is 0 Å². The normalized spacial score (nSPS) is 17.2. The molecule has 38 heavy (non-hydrogen) atoms. The zero-order chi connectivity index (χ0) is 26.1. The molecule has 0 saturated carbocycles. The molecule has 0 spiro atoms. The van der Waals surface area contributed by atoms with Gasteiger partial charge in [0.1, 0.15) is 11.3 Å². The molecule has 2 aromatic carbocycles. The molecule has 0 radical (unpaired) electrons. The summed E-state index contributed by atoms with van der Waals surface area (Å²) in [6.07, 6.45) is 4.80. The van der Waals surface area contributed by atoms with Crippen LogP contribution in [0.2, 0.25) is 0 Å². The summed E-state index contributed by atoms with van der Waals surface area (Å²) in [4.78, 5) is 16.7. The summed E-state index contributed by atoms with van der Waals surface area (Å²) in [7, 11) is 0. The van der Waals surface area contributed by atoms with Gasteiger partial charge < -0.3 is 11.1 Å². The van der Waals surface area contributed by atoms with Gasteiger partial charge in [0.15, 0.2) is 17.7 Å². The van der Waals surface area contributed by atoms with Crippen LogP contribution < -0.4 is 11.1 Å². The molecule has 8 nitrogen and oxygen atoms in total. The van der Waals surface area contributed by atoms with Crippen molar-refractivity contribution in [1.29, 1.82) is 5.26 Å². The maximum absolute atomic E-state index is 8.92. The van der Waals surface area contributed by atoms with E-state index < -0.39 is 0 Å². The molecule has 8 heteroatoms. The number of nitrogens with one attached hydrogen (secondary N) is 1. The van der Waals surface area contributed by atoms with Gasteiger partial charge in [-0.3, -0.25) is 9.47 Å². The summed E-state index contributed by atoms with van der Waals surface area (Å²) in [6, 6.07) is 26.5. The molecular formula is C30H28N8.